The van der Waals surface area contributed by atoms with Gasteiger partial charge in [-0.25, -0.2) is 0 Å². The van der Waals surface area contributed by atoms with Crippen molar-refractivity contribution in [2.24, 2.45) is 0 Å². The van der Waals surface area contributed by atoms with Gasteiger partial charge in [0, 0.05) is 24.1 Å². The summed E-state index contributed by atoms with van der Waals surface area (Å²) in [4.78, 5) is 63.0. The van der Waals surface area contributed by atoms with Crippen molar-refractivity contribution in [1.82, 2.24) is 0 Å². The van der Waals surface area contributed by atoms with Gasteiger partial charge in [0.2, 0.25) is 0 Å². The Kier molecular flexibility index (Phi) is 6.44. The van der Waals surface area contributed by atoms with Crippen molar-refractivity contribution in [2.75, 3.05) is 0 Å². The smallest absolute Gasteiger partial charge is 0.259 e. The van der Waals surface area contributed by atoms with Crippen LogP contribution in [0.1, 0.15) is 23.5 Å². The molecule has 0 aromatic heterocycles. The Bertz CT molecular complexity index is 1450. The Morgan fingerprint density at radius 3 is 1.61 bits per heavy atom. The first kappa shape index (κ1) is 25.0. The number of hydrogen-bond acceptors (Lipinski definition) is 12. The number of nitro benzene ring substituents is 4. The van der Waals surface area contributed by atoms with Crippen molar-refractivity contribution in [3.8, 4) is 0 Å². The molecule has 0 radical (unpaired) electrons. The van der Waals surface area contributed by atoms with Crippen molar-refractivity contribution < 1.29 is 29.5 Å². The first-order valence-electron chi connectivity index (χ1n) is 9.43. The molecule has 0 amide bonds. The van der Waals surface area contributed by atoms with E-state index < -0.39 is 92.7 Å². The molecule has 2 aromatic rings. The van der Waals surface area contributed by atoms with Gasteiger partial charge in [-0.1, -0.05) is 0 Å². The summed E-state index contributed by atoms with van der Waals surface area (Å²) in [6.07, 6.45) is 0.270. The van der Waals surface area contributed by atoms with E-state index in [1.54, 1.807) is 0 Å². The highest BCUT2D eigenvalue weighted by molar-refractivity contribution is 5.79. The maximum absolute atomic E-state index is 12.1. The number of rotatable bonds is 8. The highest BCUT2D eigenvalue weighted by atomic mass is 16.6. The second kappa shape index (κ2) is 9.29. The summed E-state index contributed by atoms with van der Waals surface area (Å²) >= 11 is 0. The van der Waals surface area contributed by atoms with Crippen LogP contribution in [0.15, 0.2) is 53.9 Å². The van der Waals surface area contributed by atoms with Gasteiger partial charge in [0.15, 0.2) is 5.92 Å². The van der Waals surface area contributed by atoms with Crippen LogP contribution in [0, 0.1) is 60.7 Å². The lowest BCUT2D eigenvalue weighted by Gasteiger charge is -2.20. The van der Waals surface area contributed by atoms with Gasteiger partial charge in [-0.2, -0.15) is 0 Å². The SMILES string of the molecule is O=[N+]([O-])C1=CCC(c2ccc([N+](=O)[O-])cc2[N+](=O)[O-])=C([N+](=O)[O-])C1c1ccc([N+](=O)[O-])cc1[N+](=O)[O-]. The Morgan fingerprint density at radius 1 is 0.611 bits per heavy atom. The largest absolute Gasteiger partial charge is 0.283 e. The number of nitro groups is 6. The molecule has 0 saturated heterocycles. The molecule has 3 rings (SSSR count). The van der Waals surface area contributed by atoms with Crippen molar-refractivity contribution in [2.45, 2.75) is 12.3 Å². The van der Waals surface area contributed by atoms with Crippen molar-refractivity contribution in [3.63, 3.8) is 0 Å². The molecule has 0 N–H and O–H groups in total. The van der Waals surface area contributed by atoms with Gasteiger partial charge in [0.1, 0.15) is 0 Å². The van der Waals surface area contributed by atoms with E-state index in [1.807, 2.05) is 0 Å². The molecule has 0 fully saturated rings. The van der Waals surface area contributed by atoms with E-state index in [0.29, 0.717) is 12.1 Å². The average Bonchev–Trinajstić information content (AvgIpc) is 2.81. The third kappa shape index (κ3) is 4.40. The summed E-state index contributed by atoms with van der Waals surface area (Å²) in [5, 5.41) is 69.2. The summed E-state index contributed by atoms with van der Waals surface area (Å²) in [6, 6.07) is 4.25. The lowest BCUT2D eigenvalue weighted by atomic mass is 9.81. The topological polar surface area (TPSA) is 259 Å². The minimum atomic E-state index is -2.06. The average molecular weight is 502 g/mol. The Hall–Kier alpha value is -5.68. The number of benzene rings is 2. The lowest BCUT2D eigenvalue weighted by Crippen LogP contribution is -2.23. The summed E-state index contributed by atoms with van der Waals surface area (Å²) < 4.78 is 0. The fourth-order valence-corrected chi connectivity index (χ4v) is 3.78. The van der Waals surface area contributed by atoms with Crippen LogP contribution in [0.25, 0.3) is 5.57 Å². The molecule has 18 nitrogen and oxygen atoms in total. The monoisotopic (exact) mass is 502 g/mol. The highest BCUT2D eigenvalue weighted by Gasteiger charge is 2.47. The number of allylic oxidation sites excluding steroid dienone is 2. The zero-order chi connectivity index (χ0) is 26.9. The molecule has 1 unspecified atom stereocenters. The highest BCUT2D eigenvalue weighted by Crippen LogP contribution is 2.47. The molecule has 1 atom stereocenters. The van der Waals surface area contributed by atoms with Gasteiger partial charge < -0.3 is 0 Å². The van der Waals surface area contributed by atoms with E-state index in [1.165, 1.54) is 0 Å². The molecule has 1 aliphatic carbocycles. The van der Waals surface area contributed by atoms with Crippen LogP contribution in [0.2, 0.25) is 0 Å². The fraction of sp³-hybridized carbons (Fsp3) is 0.111. The lowest BCUT2D eigenvalue weighted by molar-refractivity contribution is -0.455. The Labute approximate surface area is 196 Å². The van der Waals surface area contributed by atoms with Crippen molar-refractivity contribution in [3.05, 3.63) is 126 Å². The molecule has 0 aliphatic heterocycles. The molecule has 1 aliphatic rings. The minimum Gasteiger partial charge on any atom is -0.259 e. The molecule has 0 heterocycles. The standard InChI is InChI=1S/C18H10N6O12/c25-19(26)9-1-3-11(15(7-9)22(31)32)12-5-6-14(21(29)30)17(18(12)24(35)36)13-4-2-10(20(27)28)8-16(13)23(33)34/h1-4,6-8,17H,5H2. The summed E-state index contributed by atoms with van der Waals surface area (Å²) in [6.45, 7) is 0. The zero-order valence-corrected chi connectivity index (χ0v) is 17.4. The minimum absolute atomic E-state index is 0.454. The normalized spacial score (nSPS) is 15.1. The van der Waals surface area contributed by atoms with E-state index in [9.17, 15) is 60.7 Å². The van der Waals surface area contributed by atoms with E-state index in [2.05, 4.69) is 0 Å². The van der Waals surface area contributed by atoms with Crippen LogP contribution in [-0.4, -0.2) is 29.5 Å². The van der Waals surface area contributed by atoms with Crippen LogP contribution < -0.4 is 0 Å². The van der Waals surface area contributed by atoms with E-state index in [-0.39, 0.29) is 0 Å². The van der Waals surface area contributed by atoms with E-state index >= 15 is 0 Å². The second-order valence-electron chi connectivity index (χ2n) is 7.12. The number of nitrogens with zero attached hydrogens (tertiary/aromatic N) is 6. The molecule has 0 spiro atoms. The van der Waals surface area contributed by atoms with E-state index in [0.717, 1.165) is 30.3 Å². The zero-order valence-electron chi connectivity index (χ0n) is 17.4. The first-order valence-corrected chi connectivity index (χ1v) is 9.43. The molecular formula is C18H10N6O12. The Balaban J connectivity index is 2.41. The molecule has 2 aromatic carbocycles. The molecular weight excluding hydrogens is 492 g/mol. The van der Waals surface area contributed by atoms with Gasteiger partial charge in [-0.3, -0.25) is 60.7 Å². The maximum Gasteiger partial charge on any atom is 0.283 e. The third-order valence-corrected chi connectivity index (χ3v) is 5.25. The van der Waals surface area contributed by atoms with Gasteiger partial charge >= 0.3 is 0 Å². The van der Waals surface area contributed by atoms with Crippen LogP contribution >= 0.6 is 0 Å². The third-order valence-electron chi connectivity index (χ3n) is 5.25. The van der Waals surface area contributed by atoms with Crippen LogP contribution in [0.4, 0.5) is 22.7 Å². The van der Waals surface area contributed by atoms with Crippen molar-refractivity contribution in [1.29, 1.82) is 0 Å². The maximum atomic E-state index is 12.1. The van der Waals surface area contributed by atoms with Gasteiger partial charge in [-0.15, -0.1) is 0 Å². The molecule has 36 heavy (non-hydrogen) atoms. The predicted molar refractivity (Wildman–Crippen MR) is 116 cm³/mol. The van der Waals surface area contributed by atoms with E-state index in [4.69, 9.17) is 0 Å². The molecule has 0 bridgehead atoms. The van der Waals surface area contributed by atoms with Gasteiger partial charge in [0.25, 0.3) is 34.1 Å². The predicted octanol–water partition coefficient (Wildman–Crippen LogP) is 3.66. The summed E-state index contributed by atoms with van der Waals surface area (Å²) in [5.41, 5.74) is -6.85. The summed E-state index contributed by atoms with van der Waals surface area (Å²) in [5.74, 6) is -2.06. The first-order chi connectivity index (χ1) is 16.8. The van der Waals surface area contributed by atoms with Gasteiger partial charge in [0.05, 0.1) is 52.8 Å². The molecule has 184 valence electrons. The van der Waals surface area contributed by atoms with Gasteiger partial charge in [-0.05, 0) is 18.2 Å². The van der Waals surface area contributed by atoms with Crippen LogP contribution in [0.3, 0.4) is 0 Å². The number of hydrogen-bond donors (Lipinski definition) is 0. The second-order valence-corrected chi connectivity index (χ2v) is 7.12. The fourth-order valence-electron chi connectivity index (χ4n) is 3.78. The molecule has 18 heteroatoms. The van der Waals surface area contributed by atoms with Crippen LogP contribution in [-0.2, 0) is 0 Å². The quantitative estimate of drug-likeness (QED) is 0.370. The Morgan fingerprint density at radius 2 is 1.14 bits per heavy atom. The molecule has 0 saturated carbocycles. The van der Waals surface area contributed by atoms with Crippen molar-refractivity contribution >= 4 is 28.3 Å². The summed E-state index contributed by atoms with van der Waals surface area (Å²) in [7, 11) is 0. The van der Waals surface area contributed by atoms with Crippen LogP contribution in [0.5, 0.6) is 0 Å². The number of non-ortho nitro benzene ring substituents is 2.